The van der Waals surface area contributed by atoms with Crippen molar-refractivity contribution < 1.29 is 24.2 Å². The number of hydrogen-bond acceptors (Lipinski definition) is 6. The van der Waals surface area contributed by atoms with Crippen LogP contribution in [0.4, 0.5) is 9.80 Å². The van der Waals surface area contributed by atoms with Crippen molar-refractivity contribution in [2.24, 2.45) is 5.92 Å². The molecule has 0 aromatic carbocycles. The highest BCUT2D eigenvalue weighted by molar-refractivity contribution is 8.01. The van der Waals surface area contributed by atoms with Gasteiger partial charge >= 0.3 is 18.0 Å². The molecule has 0 bridgehead atoms. The Bertz CT molecular complexity index is 710. The van der Waals surface area contributed by atoms with E-state index in [1.807, 2.05) is 0 Å². The van der Waals surface area contributed by atoms with Gasteiger partial charge in [-0.25, -0.2) is 9.59 Å². The van der Waals surface area contributed by atoms with Gasteiger partial charge in [-0.15, -0.1) is 23.1 Å². The predicted molar refractivity (Wildman–Crippen MR) is 100 cm³/mol. The molecule has 1 aromatic rings. The summed E-state index contributed by atoms with van der Waals surface area (Å²) in [5.41, 5.74) is 1.46. The summed E-state index contributed by atoms with van der Waals surface area (Å²) in [7, 11) is 0. The van der Waals surface area contributed by atoms with Crippen molar-refractivity contribution in [3.05, 3.63) is 11.1 Å². The van der Waals surface area contributed by atoms with Crippen LogP contribution in [0.3, 0.4) is 0 Å². The van der Waals surface area contributed by atoms with Gasteiger partial charge in [-0.2, -0.15) is 0 Å². The zero-order valence-corrected chi connectivity index (χ0v) is 16.2. The third kappa shape index (κ3) is 3.98. The maximum Gasteiger partial charge on any atom is 0.341 e. The molecule has 1 saturated heterocycles. The summed E-state index contributed by atoms with van der Waals surface area (Å²) in [6.45, 7) is 2.85. The number of carbonyl (C=O) groups excluding carboxylic acids is 2. The molecule has 2 aliphatic heterocycles. The average Bonchev–Trinajstić information content (AvgIpc) is 2.99. The minimum atomic E-state index is -0.808. The molecule has 1 aromatic heterocycles. The van der Waals surface area contributed by atoms with Crippen LogP contribution in [0.1, 0.15) is 42.1 Å². The van der Waals surface area contributed by atoms with Gasteiger partial charge in [0.05, 0.1) is 22.3 Å². The molecule has 7 nitrogen and oxygen atoms in total. The molecule has 3 heterocycles. The number of thioether (sulfide) groups is 1. The number of urea groups is 1. The zero-order valence-electron chi connectivity index (χ0n) is 14.6. The Morgan fingerprint density at radius 3 is 2.69 bits per heavy atom. The molecule has 0 unspecified atom stereocenters. The van der Waals surface area contributed by atoms with E-state index in [4.69, 9.17) is 9.84 Å². The quantitative estimate of drug-likeness (QED) is 0.756. The van der Waals surface area contributed by atoms with E-state index in [1.54, 1.807) is 23.6 Å². The number of fused-ring (bicyclic) bond motifs is 1. The molecule has 2 aliphatic rings. The van der Waals surface area contributed by atoms with Crippen molar-refractivity contribution in [2.45, 2.75) is 36.8 Å². The first-order valence-electron chi connectivity index (χ1n) is 8.75. The molecule has 0 radical (unpaired) electrons. The van der Waals surface area contributed by atoms with Crippen LogP contribution in [0.5, 0.6) is 0 Å². The van der Waals surface area contributed by atoms with Crippen LogP contribution < -0.4 is 5.32 Å². The Hall–Kier alpha value is -1.74. The molecule has 2 amide bonds. The highest BCUT2D eigenvalue weighted by Gasteiger charge is 2.30. The zero-order chi connectivity index (χ0) is 18.7. The fourth-order valence-corrected chi connectivity index (χ4v) is 5.76. The highest BCUT2D eigenvalue weighted by Crippen LogP contribution is 2.44. The molecule has 142 valence electrons. The van der Waals surface area contributed by atoms with E-state index in [-0.39, 0.29) is 18.6 Å². The Morgan fingerprint density at radius 2 is 2.04 bits per heavy atom. The van der Waals surface area contributed by atoms with E-state index >= 15 is 0 Å². The molecule has 0 atom stereocenters. The predicted octanol–water partition coefficient (Wildman–Crippen LogP) is 3.29. The molecule has 0 saturated carbocycles. The molecule has 0 aliphatic carbocycles. The number of carboxylic acid groups (broad SMARTS) is 1. The van der Waals surface area contributed by atoms with Gasteiger partial charge in [0.15, 0.2) is 0 Å². The minimum Gasteiger partial charge on any atom is -0.481 e. The van der Waals surface area contributed by atoms with Crippen molar-refractivity contribution >= 4 is 46.1 Å². The van der Waals surface area contributed by atoms with Crippen LogP contribution in [0.25, 0.3) is 0 Å². The Morgan fingerprint density at radius 1 is 1.31 bits per heavy atom. The summed E-state index contributed by atoms with van der Waals surface area (Å²) < 4.78 is 6.26. The summed E-state index contributed by atoms with van der Waals surface area (Å²) in [5, 5.41) is 12.5. The summed E-state index contributed by atoms with van der Waals surface area (Å²) >= 11 is 3.13. The number of likely N-dealkylation sites (tertiary alicyclic amines) is 1. The Labute approximate surface area is 160 Å². The summed E-state index contributed by atoms with van der Waals surface area (Å²) in [4.78, 5) is 37.7. The molecule has 1 fully saturated rings. The first-order valence-corrected chi connectivity index (χ1v) is 10.6. The van der Waals surface area contributed by atoms with E-state index in [1.165, 1.54) is 11.3 Å². The van der Waals surface area contributed by atoms with Gasteiger partial charge in [0.25, 0.3) is 0 Å². The fraction of sp³-hybridized carbons (Fsp3) is 0.588. The van der Waals surface area contributed by atoms with E-state index in [2.05, 4.69) is 5.32 Å². The minimum absolute atomic E-state index is 0.284. The van der Waals surface area contributed by atoms with Gasteiger partial charge in [0.1, 0.15) is 5.00 Å². The van der Waals surface area contributed by atoms with Crippen molar-refractivity contribution in [1.82, 2.24) is 4.90 Å². The van der Waals surface area contributed by atoms with Gasteiger partial charge < -0.3 is 14.7 Å². The second-order valence-electron chi connectivity index (χ2n) is 6.27. The fourth-order valence-electron chi connectivity index (χ4n) is 3.21. The summed E-state index contributed by atoms with van der Waals surface area (Å²) in [6.07, 6.45) is 2.71. The molecule has 0 spiro atoms. The first-order chi connectivity index (χ1) is 12.5. The van der Waals surface area contributed by atoms with Gasteiger partial charge in [-0.3, -0.25) is 10.1 Å². The molecule has 2 N–H and O–H groups in total. The number of piperidine rings is 1. The van der Waals surface area contributed by atoms with E-state index in [0.717, 1.165) is 28.4 Å². The van der Waals surface area contributed by atoms with Crippen LogP contribution in [0, 0.1) is 5.92 Å². The lowest BCUT2D eigenvalue weighted by atomic mass is 9.97. The van der Waals surface area contributed by atoms with Crippen LogP contribution >= 0.6 is 23.1 Å². The number of esters is 1. The number of aliphatic carboxylic acids is 1. The van der Waals surface area contributed by atoms with Crippen LogP contribution in [0.15, 0.2) is 4.21 Å². The van der Waals surface area contributed by atoms with Crippen LogP contribution in [-0.4, -0.2) is 53.4 Å². The van der Waals surface area contributed by atoms with Gasteiger partial charge in [0.2, 0.25) is 0 Å². The Balaban J connectivity index is 1.75. The van der Waals surface area contributed by atoms with Crippen LogP contribution in [-0.2, 0) is 16.0 Å². The average molecular weight is 399 g/mol. The number of ether oxygens (including phenoxy) is 1. The number of amides is 2. The number of thiophene rings is 1. The third-order valence-corrected chi connectivity index (χ3v) is 7.15. The number of nitrogens with one attached hydrogen (secondary N) is 1. The molecule has 9 heteroatoms. The maximum absolute atomic E-state index is 12.6. The number of carboxylic acids is 1. The number of nitrogens with zero attached hydrogens (tertiary/aromatic N) is 1. The van der Waals surface area contributed by atoms with E-state index in [9.17, 15) is 14.4 Å². The van der Waals surface area contributed by atoms with Gasteiger partial charge in [-0.1, -0.05) is 0 Å². The number of rotatable bonds is 4. The molecular weight excluding hydrogens is 376 g/mol. The normalized spacial score (nSPS) is 17.5. The standard InChI is InChI=1S/C17H22N2O5S2/c1-2-24-15(22)12-11-4-3-9-25-16(11)26-13(12)18-17(23)19-7-5-10(6-8-19)14(20)21/h10H,2-9H2,1H3,(H,18,23)(H,20,21). The molecule has 26 heavy (non-hydrogen) atoms. The summed E-state index contributed by atoms with van der Waals surface area (Å²) in [5.74, 6) is -0.587. The lowest BCUT2D eigenvalue weighted by Crippen LogP contribution is -2.42. The van der Waals surface area contributed by atoms with Gasteiger partial charge in [0, 0.05) is 13.1 Å². The van der Waals surface area contributed by atoms with Crippen molar-refractivity contribution in [1.29, 1.82) is 0 Å². The van der Waals surface area contributed by atoms with Crippen molar-refractivity contribution in [2.75, 3.05) is 30.8 Å². The van der Waals surface area contributed by atoms with Crippen LogP contribution in [0.2, 0.25) is 0 Å². The number of hydrogen-bond donors (Lipinski definition) is 2. The summed E-state index contributed by atoms with van der Waals surface area (Å²) in [6, 6.07) is -0.289. The molecular formula is C17H22N2O5S2. The smallest absolute Gasteiger partial charge is 0.341 e. The molecule has 3 rings (SSSR count). The number of carbonyl (C=O) groups is 3. The highest BCUT2D eigenvalue weighted by atomic mass is 32.2. The second-order valence-corrected chi connectivity index (χ2v) is 8.66. The first kappa shape index (κ1) is 19.0. The lowest BCUT2D eigenvalue weighted by molar-refractivity contribution is -0.143. The topological polar surface area (TPSA) is 95.9 Å². The third-order valence-electron chi connectivity index (χ3n) is 4.61. The monoisotopic (exact) mass is 398 g/mol. The SMILES string of the molecule is CCOC(=O)c1c(NC(=O)N2CCC(C(=O)O)CC2)sc2c1CCCS2. The lowest BCUT2D eigenvalue weighted by Gasteiger charge is -2.30. The van der Waals surface area contributed by atoms with Gasteiger partial charge in [-0.05, 0) is 43.9 Å². The van der Waals surface area contributed by atoms with E-state index in [0.29, 0.717) is 36.5 Å². The van der Waals surface area contributed by atoms with E-state index < -0.39 is 11.9 Å². The van der Waals surface area contributed by atoms with Crippen molar-refractivity contribution in [3.8, 4) is 0 Å². The second kappa shape index (κ2) is 8.30. The number of anilines is 1. The van der Waals surface area contributed by atoms with Crippen molar-refractivity contribution in [3.63, 3.8) is 0 Å². The maximum atomic E-state index is 12.6. The largest absolute Gasteiger partial charge is 0.481 e. The Kier molecular flexibility index (Phi) is 6.08.